The molecule has 0 aliphatic rings. The quantitative estimate of drug-likeness (QED) is 0.802. The maximum Gasteiger partial charge on any atom is 0.264 e. The number of hydrogen-bond donors (Lipinski definition) is 2. The van der Waals surface area contributed by atoms with Gasteiger partial charge in [0, 0.05) is 11.3 Å². The molecule has 1 heterocycles. The van der Waals surface area contributed by atoms with Gasteiger partial charge in [0.05, 0.1) is 17.3 Å². The molecule has 0 bridgehead atoms. The van der Waals surface area contributed by atoms with Crippen LogP contribution >= 0.6 is 0 Å². The largest absolute Gasteiger partial charge is 0.399 e. The van der Waals surface area contributed by atoms with E-state index < -0.39 is 15.8 Å². The fourth-order valence-electron chi connectivity index (χ4n) is 1.42. The van der Waals surface area contributed by atoms with E-state index in [1.165, 1.54) is 19.3 Å². The molecule has 0 saturated heterocycles. The van der Waals surface area contributed by atoms with Gasteiger partial charge in [0.15, 0.2) is 0 Å². The molecule has 0 aliphatic carbocycles. The van der Waals surface area contributed by atoms with Crippen molar-refractivity contribution in [1.29, 1.82) is 0 Å². The molecular formula is C10H10FN5O2S. The molecule has 1 aromatic heterocycles. The van der Waals surface area contributed by atoms with Crippen LogP contribution in [0.4, 0.5) is 16.0 Å². The summed E-state index contributed by atoms with van der Waals surface area (Å²) in [6, 6.07) is 2.21. The summed E-state index contributed by atoms with van der Waals surface area (Å²) in [5.41, 5.74) is 5.42. The van der Waals surface area contributed by atoms with Crippen LogP contribution in [0.25, 0.3) is 0 Å². The number of nitrogens with two attached hydrogens (primary N) is 1. The van der Waals surface area contributed by atoms with Crippen molar-refractivity contribution in [3.05, 3.63) is 35.9 Å². The highest BCUT2D eigenvalue weighted by molar-refractivity contribution is 7.92. The van der Waals surface area contributed by atoms with Crippen molar-refractivity contribution in [3.63, 3.8) is 0 Å². The first-order valence-corrected chi connectivity index (χ1v) is 6.60. The fraction of sp³-hybridized carbons (Fsp3) is 0.100. The maximum absolute atomic E-state index is 13.5. The van der Waals surface area contributed by atoms with Gasteiger partial charge < -0.3 is 5.73 Å². The Morgan fingerprint density at radius 1 is 1.32 bits per heavy atom. The highest BCUT2D eigenvalue weighted by Crippen LogP contribution is 2.23. The highest BCUT2D eigenvalue weighted by atomic mass is 32.2. The van der Waals surface area contributed by atoms with Gasteiger partial charge in [0.25, 0.3) is 16.0 Å². The van der Waals surface area contributed by atoms with Crippen LogP contribution in [0.1, 0.15) is 5.56 Å². The molecular weight excluding hydrogens is 273 g/mol. The zero-order chi connectivity index (χ0) is 14.0. The van der Waals surface area contributed by atoms with Crippen LogP contribution in [0.3, 0.4) is 0 Å². The average Bonchev–Trinajstić information content (AvgIpc) is 2.34. The Morgan fingerprint density at radius 3 is 2.68 bits per heavy atom. The molecule has 0 spiro atoms. The van der Waals surface area contributed by atoms with Crippen LogP contribution in [0.5, 0.6) is 0 Å². The van der Waals surface area contributed by atoms with Gasteiger partial charge in [0.2, 0.25) is 0 Å². The van der Waals surface area contributed by atoms with E-state index in [1.54, 1.807) is 0 Å². The summed E-state index contributed by atoms with van der Waals surface area (Å²) in [6.45, 7) is 1.34. The summed E-state index contributed by atoms with van der Waals surface area (Å²) in [5.74, 6) is -0.905. The molecule has 1 aromatic carbocycles. The van der Waals surface area contributed by atoms with Crippen LogP contribution in [-0.4, -0.2) is 23.6 Å². The normalized spacial score (nSPS) is 11.3. The van der Waals surface area contributed by atoms with Gasteiger partial charge in [-0.25, -0.2) is 22.5 Å². The summed E-state index contributed by atoms with van der Waals surface area (Å²) in [7, 11) is -4.02. The topological polar surface area (TPSA) is 111 Å². The molecule has 3 N–H and O–H groups in total. The van der Waals surface area contributed by atoms with E-state index in [1.807, 2.05) is 0 Å². The number of anilines is 2. The van der Waals surface area contributed by atoms with Crippen molar-refractivity contribution >= 4 is 21.7 Å². The third kappa shape index (κ3) is 2.76. The SMILES string of the molecule is Cc1c(F)cc(N)cc1S(=O)(=O)Nc1nccnn1. The van der Waals surface area contributed by atoms with E-state index in [0.29, 0.717) is 0 Å². The Bertz CT molecular complexity index is 705. The van der Waals surface area contributed by atoms with E-state index in [9.17, 15) is 12.8 Å². The summed E-state index contributed by atoms with van der Waals surface area (Å²) < 4.78 is 39.8. The lowest BCUT2D eigenvalue weighted by atomic mass is 10.2. The number of benzene rings is 1. The summed E-state index contributed by atoms with van der Waals surface area (Å²) in [4.78, 5) is 3.41. The van der Waals surface area contributed by atoms with Crippen LogP contribution in [0, 0.1) is 12.7 Å². The molecule has 2 aromatic rings. The molecule has 7 nitrogen and oxygen atoms in total. The Labute approximate surface area is 108 Å². The van der Waals surface area contributed by atoms with Crippen molar-refractivity contribution < 1.29 is 12.8 Å². The van der Waals surface area contributed by atoms with Crippen LogP contribution in [0.15, 0.2) is 29.4 Å². The predicted octanol–water partition coefficient (Wildman–Crippen LogP) is 0.702. The number of aromatic nitrogens is 3. The number of hydrogen-bond acceptors (Lipinski definition) is 6. The molecule has 0 amide bonds. The second-order valence-electron chi connectivity index (χ2n) is 3.70. The van der Waals surface area contributed by atoms with Crippen LogP contribution in [-0.2, 0) is 10.0 Å². The maximum atomic E-state index is 13.5. The number of sulfonamides is 1. The van der Waals surface area contributed by atoms with Gasteiger partial charge in [0.1, 0.15) is 5.82 Å². The monoisotopic (exact) mass is 283 g/mol. The van der Waals surface area contributed by atoms with Gasteiger partial charge in [-0.15, -0.1) is 5.10 Å². The Kier molecular flexibility index (Phi) is 3.30. The smallest absolute Gasteiger partial charge is 0.264 e. The van der Waals surface area contributed by atoms with Crippen molar-refractivity contribution in [2.45, 2.75) is 11.8 Å². The van der Waals surface area contributed by atoms with E-state index in [-0.39, 0.29) is 22.1 Å². The summed E-state index contributed by atoms with van der Waals surface area (Å²) in [6.07, 6.45) is 2.57. The first-order valence-electron chi connectivity index (χ1n) is 5.12. The lowest BCUT2D eigenvalue weighted by Crippen LogP contribution is -2.17. The standard InChI is InChI=1S/C10H10FN5O2S/c1-6-8(11)4-7(12)5-9(6)19(17,18)16-10-13-2-3-14-15-10/h2-5H,12H2,1H3,(H,13,15,16). The number of nitrogens with zero attached hydrogens (tertiary/aromatic N) is 3. The first kappa shape index (κ1) is 13.1. The van der Waals surface area contributed by atoms with Crippen LogP contribution < -0.4 is 10.5 Å². The van der Waals surface area contributed by atoms with Crippen molar-refractivity contribution in [2.75, 3.05) is 10.5 Å². The van der Waals surface area contributed by atoms with Gasteiger partial charge in [-0.05, 0) is 19.1 Å². The second-order valence-corrected chi connectivity index (χ2v) is 5.35. The third-order valence-corrected chi connectivity index (χ3v) is 3.77. The van der Waals surface area contributed by atoms with Gasteiger partial charge in [-0.1, -0.05) is 0 Å². The third-order valence-electron chi connectivity index (χ3n) is 2.32. The Morgan fingerprint density at radius 2 is 2.05 bits per heavy atom. The Hall–Kier alpha value is -2.29. The molecule has 9 heteroatoms. The Balaban J connectivity index is 2.46. The molecule has 0 saturated carbocycles. The lowest BCUT2D eigenvalue weighted by molar-refractivity contribution is 0.590. The molecule has 0 unspecified atom stereocenters. The zero-order valence-electron chi connectivity index (χ0n) is 9.83. The fourth-order valence-corrected chi connectivity index (χ4v) is 2.66. The highest BCUT2D eigenvalue weighted by Gasteiger charge is 2.21. The summed E-state index contributed by atoms with van der Waals surface area (Å²) >= 11 is 0. The van der Waals surface area contributed by atoms with Crippen molar-refractivity contribution in [2.24, 2.45) is 0 Å². The van der Waals surface area contributed by atoms with E-state index in [4.69, 9.17) is 5.73 Å². The van der Waals surface area contributed by atoms with Gasteiger partial charge >= 0.3 is 0 Å². The molecule has 100 valence electrons. The molecule has 0 radical (unpaired) electrons. The van der Waals surface area contributed by atoms with E-state index >= 15 is 0 Å². The minimum Gasteiger partial charge on any atom is -0.399 e. The van der Waals surface area contributed by atoms with Crippen molar-refractivity contribution in [3.8, 4) is 0 Å². The van der Waals surface area contributed by atoms with Gasteiger partial charge in [-0.3, -0.25) is 0 Å². The molecule has 19 heavy (non-hydrogen) atoms. The number of halogens is 1. The van der Waals surface area contributed by atoms with Crippen molar-refractivity contribution in [1.82, 2.24) is 15.2 Å². The average molecular weight is 283 g/mol. The minimum atomic E-state index is -4.02. The van der Waals surface area contributed by atoms with E-state index in [2.05, 4.69) is 19.9 Å². The molecule has 0 atom stereocenters. The van der Waals surface area contributed by atoms with E-state index in [0.717, 1.165) is 12.1 Å². The number of rotatable bonds is 3. The van der Waals surface area contributed by atoms with Crippen LogP contribution in [0.2, 0.25) is 0 Å². The van der Waals surface area contributed by atoms with Gasteiger partial charge in [-0.2, -0.15) is 5.10 Å². The second kappa shape index (κ2) is 4.76. The number of nitrogen functional groups attached to an aromatic ring is 1. The number of nitrogens with one attached hydrogen (secondary N) is 1. The summed E-state index contributed by atoms with van der Waals surface area (Å²) in [5, 5.41) is 6.97. The zero-order valence-corrected chi connectivity index (χ0v) is 10.6. The molecule has 0 fully saturated rings. The first-order chi connectivity index (χ1) is 8.90. The predicted molar refractivity (Wildman–Crippen MR) is 66.2 cm³/mol. The lowest BCUT2D eigenvalue weighted by Gasteiger charge is -2.10. The molecule has 0 aliphatic heterocycles. The minimum absolute atomic E-state index is 0.00980. The molecule has 2 rings (SSSR count).